The Morgan fingerprint density at radius 3 is 1.32 bits per heavy atom. The predicted octanol–water partition coefficient (Wildman–Crippen LogP) is 18.5. The van der Waals surface area contributed by atoms with E-state index in [1.165, 1.54) is 61.1 Å². The molecular weight excluding hydrogens is 869 g/mol. The van der Waals surface area contributed by atoms with Gasteiger partial charge in [-0.15, -0.1) is 6.58 Å². The van der Waals surface area contributed by atoms with Crippen LogP contribution in [0.15, 0.2) is 195 Å². The van der Waals surface area contributed by atoms with Crippen LogP contribution in [0.3, 0.4) is 0 Å². The van der Waals surface area contributed by atoms with Crippen molar-refractivity contribution in [3.8, 4) is 22.3 Å². The molecule has 4 heteroatoms. The third-order valence-corrected chi connectivity index (χ3v) is 14.4. The second-order valence-corrected chi connectivity index (χ2v) is 19.6. The maximum atomic E-state index is 11.4. The molecule has 0 radical (unpaired) electrons. The number of benzene rings is 6. The van der Waals surface area contributed by atoms with E-state index in [4.69, 9.17) is 0 Å². The molecular formula is C67H76O4. The number of unbranched alkanes of at least 4 members (excludes halogenated alkanes) is 1. The van der Waals surface area contributed by atoms with Gasteiger partial charge < -0.3 is 10.2 Å². The maximum absolute atomic E-state index is 11.4. The zero-order valence-electron chi connectivity index (χ0n) is 42.7. The van der Waals surface area contributed by atoms with Crippen molar-refractivity contribution in [3.63, 3.8) is 0 Å². The number of allylic oxidation sites excluding steroid dienone is 5. The number of aliphatic hydroxyl groups is 2. The second kappa shape index (κ2) is 28.2. The first-order valence-electron chi connectivity index (χ1n) is 26.1. The van der Waals surface area contributed by atoms with E-state index in [-0.39, 0.29) is 23.1 Å². The zero-order valence-corrected chi connectivity index (χ0v) is 42.7. The van der Waals surface area contributed by atoms with Crippen molar-refractivity contribution in [1.29, 1.82) is 0 Å². The summed E-state index contributed by atoms with van der Waals surface area (Å²) < 4.78 is 0. The fraction of sp³-hybridized carbons (Fsp3) is 0.313. The summed E-state index contributed by atoms with van der Waals surface area (Å²) in [6, 6.07) is 55.4. The van der Waals surface area contributed by atoms with Gasteiger partial charge in [-0.2, -0.15) is 0 Å². The molecule has 0 bridgehead atoms. The van der Waals surface area contributed by atoms with E-state index < -0.39 is 0 Å². The fourth-order valence-electron chi connectivity index (χ4n) is 10.0. The molecule has 5 unspecified atom stereocenters. The minimum atomic E-state index is -0.177. The van der Waals surface area contributed by atoms with E-state index in [2.05, 4.69) is 148 Å². The Bertz CT molecular complexity index is 2640. The van der Waals surface area contributed by atoms with Crippen LogP contribution in [0.2, 0.25) is 0 Å². The van der Waals surface area contributed by atoms with Gasteiger partial charge in [-0.1, -0.05) is 190 Å². The number of aliphatic hydroxyl groups excluding tert-OH is 2. The largest absolute Gasteiger partial charge is 0.507 e. The molecule has 368 valence electrons. The van der Waals surface area contributed by atoms with E-state index in [1.54, 1.807) is 0 Å². The normalized spacial score (nSPS) is 14.1. The Morgan fingerprint density at radius 1 is 0.465 bits per heavy atom. The van der Waals surface area contributed by atoms with Gasteiger partial charge in [0.15, 0.2) is 11.6 Å². The number of ketones is 2. The summed E-state index contributed by atoms with van der Waals surface area (Å²) >= 11 is 0. The highest BCUT2D eigenvalue weighted by molar-refractivity contribution is 5.94. The number of carbonyl (C=O) groups excluding carboxylic acids is 2. The Labute approximate surface area is 425 Å². The monoisotopic (exact) mass is 945 g/mol. The van der Waals surface area contributed by atoms with Gasteiger partial charge in [0.25, 0.3) is 0 Å². The van der Waals surface area contributed by atoms with Crippen LogP contribution in [-0.2, 0) is 9.59 Å². The molecule has 2 N–H and O–H groups in total. The van der Waals surface area contributed by atoms with Gasteiger partial charge in [0, 0.05) is 23.3 Å². The molecule has 0 aliphatic carbocycles. The molecule has 0 aromatic heterocycles. The van der Waals surface area contributed by atoms with Gasteiger partial charge in [-0.3, -0.25) is 9.59 Å². The third-order valence-electron chi connectivity index (χ3n) is 14.4. The van der Waals surface area contributed by atoms with Crippen LogP contribution in [0.1, 0.15) is 162 Å². The summed E-state index contributed by atoms with van der Waals surface area (Å²) in [6.07, 6.45) is 23.2. The van der Waals surface area contributed by atoms with Crippen molar-refractivity contribution >= 4 is 23.1 Å². The average Bonchev–Trinajstić information content (AvgIpc) is 3.39. The number of carbonyl (C=O) groups is 2. The number of hydrogen-bond acceptors (Lipinski definition) is 4. The van der Waals surface area contributed by atoms with Gasteiger partial charge >= 0.3 is 0 Å². The summed E-state index contributed by atoms with van der Waals surface area (Å²) in [5, 5.41) is 20.4. The highest BCUT2D eigenvalue weighted by atomic mass is 16.3. The van der Waals surface area contributed by atoms with Crippen LogP contribution in [0.4, 0.5) is 0 Å². The lowest BCUT2D eigenvalue weighted by molar-refractivity contribution is -0.113. The highest BCUT2D eigenvalue weighted by Crippen LogP contribution is 2.36. The van der Waals surface area contributed by atoms with Gasteiger partial charge in [-0.05, 0) is 165 Å². The Hall–Kier alpha value is -6.78. The Kier molecular flexibility index (Phi) is 21.2. The molecule has 0 heterocycles. The Morgan fingerprint density at radius 2 is 0.859 bits per heavy atom. The quantitative estimate of drug-likeness (QED) is 0.0222. The molecule has 0 spiro atoms. The predicted molar refractivity (Wildman–Crippen MR) is 300 cm³/mol. The topological polar surface area (TPSA) is 74.6 Å². The molecule has 0 aliphatic heterocycles. The van der Waals surface area contributed by atoms with Crippen LogP contribution < -0.4 is 0 Å². The first kappa shape index (κ1) is 53.6. The first-order chi connectivity index (χ1) is 34.5. The van der Waals surface area contributed by atoms with Crippen LogP contribution in [0, 0.1) is 5.92 Å². The molecule has 6 rings (SSSR count). The van der Waals surface area contributed by atoms with Crippen molar-refractivity contribution < 1.29 is 19.8 Å². The highest BCUT2D eigenvalue weighted by Gasteiger charge is 2.18. The maximum Gasteiger partial charge on any atom is 0.156 e. The van der Waals surface area contributed by atoms with E-state index in [0.29, 0.717) is 40.7 Å². The summed E-state index contributed by atoms with van der Waals surface area (Å²) in [5.41, 5.74) is 11.3. The fourth-order valence-corrected chi connectivity index (χ4v) is 10.0. The van der Waals surface area contributed by atoms with E-state index in [9.17, 15) is 19.8 Å². The molecule has 6 aromatic rings. The van der Waals surface area contributed by atoms with Crippen molar-refractivity contribution in [1.82, 2.24) is 0 Å². The molecule has 0 saturated heterocycles. The molecule has 0 amide bonds. The smallest absolute Gasteiger partial charge is 0.156 e. The van der Waals surface area contributed by atoms with Crippen LogP contribution in [0.25, 0.3) is 33.8 Å². The van der Waals surface area contributed by atoms with Gasteiger partial charge in [0.1, 0.15) is 11.5 Å². The van der Waals surface area contributed by atoms with E-state index in [0.717, 1.165) is 86.5 Å². The molecule has 6 aromatic carbocycles. The summed E-state index contributed by atoms with van der Waals surface area (Å²) in [7, 11) is 0. The van der Waals surface area contributed by atoms with E-state index in [1.807, 2.05) is 48.5 Å². The third kappa shape index (κ3) is 17.0. The van der Waals surface area contributed by atoms with Crippen LogP contribution in [0.5, 0.6) is 0 Å². The molecule has 5 atom stereocenters. The summed E-state index contributed by atoms with van der Waals surface area (Å²) in [6.45, 7) is 11.8. The molecule has 0 saturated carbocycles. The molecule has 71 heavy (non-hydrogen) atoms. The Balaban J connectivity index is 0.949. The number of rotatable bonds is 28. The lowest BCUT2D eigenvalue weighted by Crippen LogP contribution is -2.06. The van der Waals surface area contributed by atoms with Gasteiger partial charge in [-0.25, -0.2) is 0 Å². The molecule has 0 aliphatic rings. The van der Waals surface area contributed by atoms with Crippen molar-refractivity contribution in [2.24, 2.45) is 5.92 Å². The van der Waals surface area contributed by atoms with Crippen LogP contribution >= 0.6 is 0 Å². The molecule has 4 nitrogen and oxygen atoms in total. The SMILES string of the molecule is C=CC(CCC/C=C/CCC(CCC(CC)c1ccc(-c2ccc(C(O)=CC(C)=O)cc2)cc1)c1ccccc1)CCC(CCC(C)c1ccc(-c2ccc(C(O)=CC(C)=O)cc2)cc1)c1ccccc1. The minimum absolute atomic E-state index is 0.00607. The van der Waals surface area contributed by atoms with Gasteiger partial charge in [0.2, 0.25) is 0 Å². The lowest BCUT2D eigenvalue weighted by Gasteiger charge is -2.22. The van der Waals surface area contributed by atoms with E-state index >= 15 is 0 Å². The van der Waals surface area contributed by atoms with Crippen molar-refractivity contribution in [2.75, 3.05) is 0 Å². The molecule has 0 fully saturated rings. The lowest BCUT2D eigenvalue weighted by atomic mass is 9.83. The second-order valence-electron chi connectivity index (χ2n) is 19.6. The van der Waals surface area contributed by atoms with Crippen molar-refractivity contribution in [3.05, 3.63) is 228 Å². The number of hydrogen-bond donors (Lipinski definition) is 2. The summed E-state index contributed by atoms with van der Waals surface area (Å²) in [5.74, 6) is 2.10. The minimum Gasteiger partial charge on any atom is -0.507 e. The van der Waals surface area contributed by atoms with Crippen LogP contribution in [-0.4, -0.2) is 21.8 Å². The zero-order chi connectivity index (χ0) is 50.4. The van der Waals surface area contributed by atoms with Gasteiger partial charge in [0.05, 0.1) is 0 Å². The van der Waals surface area contributed by atoms with Crippen molar-refractivity contribution in [2.45, 2.75) is 128 Å². The standard InChI is InChI=1S/C67H76O4/c1-6-52(26-28-59(56-22-17-12-18-23-56)27-25-49(3)54-30-33-60(34-31-54)62-39-43-64(44-40-62)66(70)47-50(4)68)19-13-9-8-10-14-24-57(55-20-15-11-16-21-55)32-29-53(7-2)58-35-37-61(38-36-58)63-41-45-65(46-42-63)67(71)48-51(5)69/h6,8,10-12,15-18,20-23,30-31,33-49,52-53,57,59,70-71H,1,7,9,13-14,19,24-29,32H2,2-5H3/b10-8+,66-47?,67-48?. The first-order valence-corrected chi connectivity index (χ1v) is 26.1. The summed E-state index contributed by atoms with van der Waals surface area (Å²) in [4.78, 5) is 22.8. The average molecular weight is 945 g/mol.